The Balaban J connectivity index is 1.15. The Morgan fingerprint density at radius 1 is 0.352 bits per heavy atom. The lowest BCUT2D eigenvalue weighted by molar-refractivity contribution is 0.660. The highest BCUT2D eigenvalue weighted by Gasteiger charge is 2.37. The van der Waals surface area contributed by atoms with Gasteiger partial charge in [-0.3, -0.25) is 0 Å². The van der Waals surface area contributed by atoms with Crippen LogP contribution in [0, 0.1) is 0 Å². The summed E-state index contributed by atoms with van der Waals surface area (Å²) in [5, 5.41) is 4.96. The van der Waals surface area contributed by atoms with Crippen LogP contribution in [0.15, 0.2) is 200 Å². The van der Waals surface area contributed by atoms with E-state index in [2.05, 4.69) is 219 Å². The minimum Gasteiger partial charge on any atom is -0.310 e. The average Bonchev–Trinajstić information content (AvgIpc) is 3.47. The summed E-state index contributed by atoms with van der Waals surface area (Å²) >= 11 is 0. The van der Waals surface area contributed by atoms with E-state index in [1.807, 2.05) is 0 Å². The third kappa shape index (κ3) is 5.24. The number of anilines is 3. The van der Waals surface area contributed by atoms with Crippen molar-refractivity contribution in [1.29, 1.82) is 0 Å². The second-order valence-electron chi connectivity index (χ2n) is 14.9. The summed E-state index contributed by atoms with van der Waals surface area (Å²) in [6.07, 6.45) is 0. The molecule has 0 aliphatic heterocycles. The van der Waals surface area contributed by atoms with Gasteiger partial charge in [-0.2, -0.15) is 0 Å². The van der Waals surface area contributed by atoms with Crippen LogP contribution in [-0.2, 0) is 5.41 Å². The van der Waals surface area contributed by atoms with Crippen LogP contribution >= 0.6 is 0 Å². The number of benzene rings is 9. The topological polar surface area (TPSA) is 3.24 Å². The van der Waals surface area contributed by atoms with Gasteiger partial charge >= 0.3 is 0 Å². The lowest BCUT2D eigenvalue weighted by atomic mass is 9.81. The van der Waals surface area contributed by atoms with Crippen LogP contribution < -0.4 is 4.90 Å². The molecule has 0 spiro atoms. The molecule has 0 saturated carbocycles. The molecule has 0 unspecified atom stereocenters. The van der Waals surface area contributed by atoms with Crippen molar-refractivity contribution < 1.29 is 0 Å². The maximum atomic E-state index is 2.44. The van der Waals surface area contributed by atoms with Crippen LogP contribution in [0.1, 0.15) is 25.0 Å². The van der Waals surface area contributed by atoms with E-state index >= 15 is 0 Å². The predicted octanol–water partition coefficient (Wildman–Crippen LogP) is 14.8. The van der Waals surface area contributed by atoms with Crippen molar-refractivity contribution in [3.8, 4) is 44.5 Å². The Kier molecular flexibility index (Phi) is 7.56. The first-order chi connectivity index (χ1) is 26.5. The molecular formula is C53H39N. The minimum absolute atomic E-state index is 0.0876. The first-order valence-corrected chi connectivity index (χ1v) is 18.8. The summed E-state index contributed by atoms with van der Waals surface area (Å²) in [4.78, 5) is 2.44. The summed E-state index contributed by atoms with van der Waals surface area (Å²) in [6.45, 7) is 4.73. The fourth-order valence-corrected chi connectivity index (χ4v) is 8.75. The van der Waals surface area contributed by atoms with Crippen molar-refractivity contribution in [2.45, 2.75) is 19.3 Å². The molecule has 0 radical (unpaired) electrons. The standard InChI is InChI=1S/C53H39N/c1-53(2)49-32-29-40(34-48(49)52-45(25-14-26-50(52)53)38-17-7-4-8-18-38)39-20-13-21-43(33-39)54(42-30-27-37(28-31-42)36-15-5-3-6-16-36)51-35-41-19-9-10-22-44(41)46-23-11-12-24-47(46)51/h3-35H,1-2H3. The van der Waals surface area contributed by atoms with E-state index in [0.29, 0.717) is 0 Å². The number of fused-ring (bicyclic) bond motifs is 6. The quantitative estimate of drug-likeness (QED) is 0.157. The first-order valence-electron chi connectivity index (χ1n) is 18.8. The lowest BCUT2D eigenvalue weighted by Gasteiger charge is -2.28. The van der Waals surface area contributed by atoms with Gasteiger partial charge in [-0.05, 0) is 108 Å². The fourth-order valence-electron chi connectivity index (χ4n) is 8.75. The Morgan fingerprint density at radius 2 is 0.944 bits per heavy atom. The van der Waals surface area contributed by atoms with Crippen LogP contribution in [0.5, 0.6) is 0 Å². The molecule has 0 amide bonds. The number of nitrogens with zero attached hydrogens (tertiary/aromatic N) is 1. The van der Waals surface area contributed by atoms with Crippen molar-refractivity contribution in [1.82, 2.24) is 0 Å². The number of hydrogen-bond acceptors (Lipinski definition) is 1. The molecule has 0 heterocycles. The predicted molar refractivity (Wildman–Crippen MR) is 230 cm³/mol. The van der Waals surface area contributed by atoms with Crippen molar-refractivity contribution in [3.05, 3.63) is 211 Å². The Hall–Kier alpha value is -6.70. The molecule has 1 aliphatic rings. The maximum absolute atomic E-state index is 2.44. The van der Waals surface area contributed by atoms with Crippen LogP contribution in [0.2, 0.25) is 0 Å². The Morgan fingerprint density at radius 3 is 1.72 bits per heavy atom. The molecule has 0 bridgehead atoms. The molecule has 0 aromatic heterocycles. The van der Waals surface area contributed by atoms with E-state index in [1.165, 1.54) is 77.2 Å². The molecule has 54 heavy (non-hydrogen) atoms. The Bertz CT molecular complexity index is 2830. The maximum Gasteiger partial charge on any atom is 0.0546 e. The van der Waals surface area contributed by atoms with Gasteiger partial charge in [0, 0.05) is 22.2 Å². The van der Waals surface area contributed by atoms with Gasteiger partial charge in [0.2, 0.25) is 0 Å². The van der Waals surface area contributed by atoms with Crippen molar-refractivity contribution in [2.75, 3.05) is 4.90 Å². The zero-order valence-electron chi connectivity index (χ0n) is 30.5. The van der Waals surface area contributed by atoms with E-state index in [1.54, 1.807) is 0 Å². The average molecular weight is 690 g/mol. The molecule has 1 nitrogen and oxygen atoms in total. The second-order valence-corrected chi connectivity index (χ2v) is 14.9. The van der Waals surface area contributed by atoms with Gasteiger partial charge in [0.15, 0.2) is 0 Å². The number of rotatable bonds is 6. The molecule has 0 saturated heterocycles. The third-order valence-corrected chi connectivity index (χ3v) is 11.4. The lowest BCUT2D eigenvalue weighted by Crippen LogP contribution is -2.14. The summed E-state index contributed by atoms with van der Waals surface area (Å²) in [5.41, 5.74) is 16.1. The summed E-state index contributed by atoms with van der Waals surface area (Å²) in [6, 6.07) is 73.4. The highest BCUT2D eigenvalue weighted by atomic mass is 15.1. The van der Waals surface area contributed by atoms with Gasteiger partial charge in [-0.1, -0.05) is 178 Å². The molecule has 1 aliphatic carbocycles. The van der Waals surface area contributed by atoms with Crippen molar-refractivity contribution in [3.63, 3.8) is 0 Å². The monoisotopic (exact) mass is 689 g/mol. The van der Waals surface area contributed by atoms with Crippen molar-refractivity contribution in [2.24, 2.45) is 0 Å². The van der Waals surface area contributed by atoms with Gasteiger partial charge in [-0.15, -0.1) is 0 Å². The fraction of sp³-hybridized carbons (Fsp3) is 0.0566. The van der Waals surface area contributed by atoms with E-state index in [-0.39, 0.29) is 5.41 Å². The molecule has 10 rings (SSSR count). The van der Waals surface area contributed by atoms with Gasteiger partial charge in [0.05, 0.1) is 5.69 Å². The molecule has 9 aromatic carbocycles. The van der Waals surface area contributed by atoms with E-state index in [4.69, 9.17) is 0 Å². The van der Waals surface area contributed by atoms with Crippen molar-refractivity contribution >= 4 is 38.6 Å². The molecule has 9 aromatic rings. The first kappa shape index (κ1) is 32.0. The smallest absolute Gasteiger partial charge is 0.0546 e. The third-order valence-electron chi connectivity index (χ3n) is 11.4. The van der Waals surface area contributed by atoms with E-state index in [0.717, 1.165) is 17.1 Å². The summed E-state index contributed by atoms with van der Waals surface area (Å²) in [5.74, 6) is 0. The normalized spacial score (nSPS) is 12.8. The SMILES string of the molecule is CC1(C)c2ccc(-c3cccc(N(c4ccc(-c5ccccc5)cc4)c4cc5ccccc5c5ccccc45)c3)cc2-c2c(-c3ccccc3)cccc21. The molecule has 256 valence electrons. The zero-order valence-corrected chi connectivity index (χ0v) is 30.5. The van der Waals surface area contributed by atoms with E-state index < -0.39 is 0 Å². The zero-order chi connectivity index (χ0) is 36.2. The van der Waals surface area contributed by atoms with E-state index in [9.17, 15) is 0 Å². The van der Waals surface area contributed by atoms with Crippen LogP contribution in [0.3, 0.4) is 0 Å². The summed E-state index contributed by atoms with van der Waals surface area (Å²) < 4.78 is 0. The van der Waals surface area contributed by atoms with Gasteiger partial charge in [0.25, 0.3) is 0 Å². The Labute approximate surface area is 317 Å². The highest BCUT2D eigenvalue weighted by molar-refractivity contribution is 6.14. The molecular weight excluding hydrogens is 651 g/mol. The molecule has 0 atom stereocenters. The van der Waals surface area contributed by atoms with Gasteiger partial charge in [-0.25, -0.2) is 0 Å². The highest BCUT2D eigenvalue weighted by Crippen LogP contribution is 2.53. The van der Waals surface area contributed by atoms with Crippen LogP contribution in [0.4, 0.5) is 17.1 Å². The van der Waals surface area contributed by atoms with Gasteiger partial charge < -0.3 is 4.90 Å². The van der Waals surface area contributed by atoms with Crippen LogP contribution in [0.25, 0.3) is 66.1 Å². The molecule has 0 fully saturated rings. The van der Waals surface area contributed by atoms with Crippen LogP contribution in [-0.4, -0.2) is 0 Å². The van der Waals surface area contributed by atoms with Gasteiger partial charge in [0.1, 0.15) is 0 Å². The largest absolute Gasteiger partial charge is 0.310 e. The second kappa shape index (κ2) is 12.8. The molecule has 0 N–H and O–H groups in total. The minimum atomic E-state index is -0.0876. The number of hydrogen-bond donors (Lipinski definition) is 0. The molecule has 1 heteroatoms. The summed E-state index contributed by atoms with van der Waals surface area (Å²) in [7, 11) is 0.